The van der Waals surface area contributed by atoms with Crippen LogP contribution in [0.3, 0.4) is 0 Å². The van der Waals surface area contributed by atoms with Gasteiger partial charge in [-0.25, -0.2) is 0 Å². The Morgan fingerprint density at radius 3 is 2.06 bits per heavy atom. The van der Waals surface area contributed by atoms with Gasteiger partial charge in [-0.05, 0) is 56.3 Å². The summed E-state index contributed by atoms with van der Waals surface area (Å²) in [6.45, 7) is 4.55. The largest absolute Gasteiger partial charge is 0.492 e. The maximum atomic E-state index is 11.3. The van der Waals surface area contributed by atoms with Crippen LogP contribution in [0.1, 0.15) is 43.1 Å². The minimum absolute atomic E-state index is 0.316. The summed E-state index contributed by atoms with van der Waals surface area (Å²) in [6, 6.07) is 3.37. The molecule has 0 saturated carbocycles. The number of ether oxygens (including phenoxy) is 1. The van der Waals surface area contributed by atoms with Crippen molar-refractivity contribution in [1.29, 1.82) is 0 Å². The summed E-state index contributed by atoms with van der Waals surface area (Å²) in [5.74, 6) is 0.601. The smallest absolute Gasteiger partial charge is 0.295 e. The van der Waals surface area contributed by atoms with Crippen LogP contribution in [0.4, 0.5) is 0 Å². The van der Waals surface area contributed by atoms with Crippen molar-refractivity contribution in [3.8, 4) is 5.75 Å². The predicted octanol–water partition coefficient (Wildman–Crippen LogP) is 2.56. The van der Waals surface area contributed by atoms with E-state index in [0.29, 0.717) is 36.4 Å². The van der Waals surface area contributed by atoms with E-state index in [2.05, 4.69) is 9.68 Å². The van der Waals surface area contributed by atoms with Gasteiger partial charge >= 0.3 is 0 Å². The molecule has 1 unspecified atom stereocenters. The summed E-state index contributed by atoms with van der Waals surface area (Å²) in [5.41, 5.74) is -0.0533. The van der Waals surface area contributed by atoms with Crippen LogP contribution in [0.15, 0.2) is 12.1 Å². The minimum Gasteiger partial charge on any atom is -0.492 e. The monoisotopic (exact) mass is 474 g/mol. The summed E-state index contributed by atoms with van der Waals surface area (Å²) >= 11 is 0. The van der Waals surface area contributed by atoms with Gasteiger partial charge in [0, 0.05) is 12.0 Å². The molecule has 14 nitrogen and oxygen atoms in total. The molecule has 1 atom stereocenters. The van der Waals surface area contributed by atoms with Gasteiger partial charge in [0.05, 0.1) is 0 Å². The molecule has 1 aromatic carbocycles. The minimum atomic E-state index is -1.66. The highest BCUT2D eigenvalue weighted by molar-refractivity contribution is 5.44. The van der Waals surface area contributed by atoms with Crippen molar-refractivity contribution in [3.05, 3.63) is 59.2 Å². The van der Waals surface area contributed by atoms with Crippen molar-refractivity contribution in [2.24, 2.45) is 5.41 Å². The predicted molar refractivity (Wildman–Crippen MR) is 114 cm³/mol. The Balaban J connectivity index is 3.49. The van der Waals surface area contributed by atoms with Crippen molar-refractivity contribution >= 4 is 0 Å². The van der Waals surface area contributed by atoms with Crippen LogP contribution in [0.5, 0.6) is 5.75 Å². The SMILES string of the molecule is CCCc1cc(C(O[N+](=O)[O-])C(C)(CO[N+](=O)[O-])CO[N+](=O)[O-])c(C)cc1OCCN(C)C. The molecule has 0 aliphatic rings. The van der Waals surface area contributed by atoms with Crippen LogP contribution in [0.25, 0.3) is 0 Å². The molecule has 14 heteroatoms. The molecule has 0 fully saturated rings. The Kier molecular flexibility index (Phi) is 10.5. The number of nitrogens with zero attached hydrogens (tertiary/aromatic N) is 4. The second-order valence-corrected chi connectivity index (χ2v) is 8.08. The number of likely N-dealkylation sites (N-methyl/N-ethyl adjacent to an activating group) is 1. The lowest BCUT2D eigenvalue weighted by Crippen LogP contribution is -2.39. The van der Waals surface area contributed by atoms with Crippen molar-refractivity contribution < 1.29 is 34.5 Å². The number of rotatable bonds is 16. The van der Waals surface area contributed by atoms with E-state index in [1.54, 1.807) is 19.1 Å². The Hall–Kier alpha value is -3.42. The number of aryl methyl sites for hydroxylation is 2. The zero-order chi connectivity index (χ0) is 25.2. The van der Waals surface area contributed by atoms with Crippen LogP contribution in [0.2, 0.25) is 0 Å². The van der Waals surface area contributed by atoms with E-state index in [0.717, 1.165) is 12.0 Å². The van der Waals surface area contributed by atoms with Crippen molar-refractivity contribution in [2.45, 2.75) is 39.7 Å². The van der Waals surface area contributed by atoms with Gasteiger partial charge in [0.25, 0.3) is 15.3 Å². The molecular weight excluding hydrogens is 444 g/mol. The van der Waals surface area contributed by atoms with Crippen molar-refractivity contribution in [2.75, 3.05) is 40.5 Å². The highest BCUT2D eigenvalue weighted by Gasteiger charge is 2.42. The zero-order valence-electron chi connectivity index (χ0n) is 19.3. The summed E-state index contributed by atoms with van der Waals surface area (Å²) < 4.78 is 5.90. The van der Waals surface area contributed by atoms with Crippen molar-refractivity contribution in [3.63, 3.8) is 0 Å². The Morgan fingerprint density at radius 2 is 1.61 bits per heavy atom. The molecule has 0 N–H and O–H groups in total. The van der Waals surface area contributed by atoms with Gasteiger partial charge in [0.1, 0.15) is 31.7 Å². The van der Waals surface area contributed by atoms with E-state index >= 15 is 0 Å². The molecule has 186 valence electrons. The van der Waals surface area contributed by atoms with E-state index in [9.17, 15) is 30.3 Å². The van der Waals surface area contributed by atoms with E-state index in [1.807, 2.05) is 25.9 Å². The lowest BCUT2D eigenvalue weighted by molar-refractivity contribution is -0.790. The highest BCUT2D eigenvalue weighted by Crippen LogP contribution is 2.41. The summed E-state index contributed by atoms with van der Waals surface area (Å²) in [6.07, 6.45) is -0.123. The van der Waals surface area contributed by atoms with E-state index < -0.39 is 40.0 Å². The first kappa shape index (κ1) is 27.6. The van der Waals surface area contributed by atoms with Gasteiger partial charge in [-0.1, -0.05) is 20.3 Å². The van der Waals surface area contributed by atoms with Gasteiger partial charge in [0.15, 0.2) is 0 Å². The summed E-state index contributed by atoms with van der Waals surface area (Å²) in [7, 11) is 3.82. The quantitative estimate of drug-likeness (QED) is 0.255. The molecule has 1 rings (SSSR count). The Morgan fingerprint density at radius 1 is 1.03 bits per heavy atom. The molecule has 1 aromatic rings. The number of hydrogen-bond donors (Lipinski definition) is 0. The van der Waals surface area contributed by atoms with Crippen LogP contribution < -0.4 is 4.74 Å². The van der Waals surface area contributed by atoms with Gasteiger partial charge in [-0.3, -0.25) is 0 Å². The van der Waals surface area contributed by atoms with Gasteiger partial charge in [0.2, 0.25) is 0 Å². The fourth-order valence-electron chi connectivity index (χ4n) is 3.20. The fraction of sp³-hybridized carbons (Fsp3) is 0.684. The molecule has 0 saturated heterocycles. The maximum absolute atomic E-state index is 11.3. The molecular formula is C19H30N4O10. The lowest BCUT2D eigenvalue weighted by atomic mass is 9.80. The summed E-state index contributed by atoms with van der Waals surface area (Å²) in [5, 5.41) is 29.6. The molecule has 0 radical (unpaired) electrons. The average molecular weight is 474 g/mol. The lowest BCUT2D eigenvalue weighted by Gasteiger charge is -2.35. The second kappa shape index (κ2) is 12.6. The third kappa shape index (κ3) is 8.92. The van der Waals surface area contributed by atoms with E-state index in [1.165, 1.54) is 6.92 Å². The zero-order valence-corrected chi connectivity index (χ0v) is 19.3. The second-order valence-electron chi connectivity index (χ2n) is 8.08. The first-order valence-corrected chi connectivity index (χ1v) is 10.2. The van der Waals surface area contributed by atoms with E-state index in [4.69, 9.17) is 9.57 Å². The topological polar surface area (TPSA) is 170 Å². The van der Waals surface area contributed by atoms with Crippen LogP contribution in [-0.4, -0.2) is 60.6 Å². The molecule has 0 aliphatic carbocycles. The normalized spacial score (nSPS) is 12.2. The average Bonchev–Trinajstić information content (AvgIpc) is 2.70. The highest BCUT2D eigenvalue weighted by atomic mass is 17.0. The molecule has 0 aromatic heterocycles. The van der Waals surface area contributed by atoms with Crippen LogP contribution >= 0.6 is 0 Å². The molecule has 33 heavy (non-hydrogen) atoms. The first-order valence-electron chi connectivity index (χ1n) is 10.2. The maximum Gasteiger partial charge on any atom is 0.295 e. The molecule has 0 amide bonds. The fourth-order valence-corrected chi connectivity index (χ4v) is 3.20. The van der Waals surface area contributed by atoms with Gasteiger partial charge in [-0.15, -0.1) is 30.3 Å². The standard InChI is InChI=1S/C19H30N4O10/c1-6-7-15-11-16(14(2)10-17(15)30-9-8-20(4)5)18(33-23(28)29)19(3,12-31-21(24)25)13-32-22(26)27/h10-11,18H,6-9,12-13H2,1-5H3. The van der Waals surface area contributed by atoms with Crippen LogP contribution in [-0.2, 0) is 20.9 Å². The first-order chi connectivity index (χ1) is 15.4. The Labute approximate surface area is 190 Å². The number of hydrogen-bond acceptors (Lipinski definition) is 11. The van der Waals surface area contributed by atoms with Crippen molar-refractivity contribution in [1.82, 2.24) is 4.90 Å². The summed E-state index contributed by atoms with van der Waals surface area (Å²) in [4.78, 5) is 48.6. The van der Waals surface area contributed by atoms with Gasteiger partial charge in [-0.2, -0.15) is 0 Å². The molecule has 0 aliphatic heterocycles. The molecule has 0 heterocycles. The Bertz CT molecular complexity index is 815. The number of benzene rings is 1. The van der Waals surface area contributed by atoms with Gasteiger partial charge < -0.3 is 24.1 Å². The molecule has 0 bridgehead atoms. The van der Waals surface area contributed by atoms with E-state index in [-0.39, 0.29) is 0 Å². The third-order valence-corrected chi connectivity index (χ3v) is 4.87. The molecule has 0 spiro atoms. The third-order valence-electron chi connectivity index (χ3n) is 4.87. The van der Waals surface area contributed by atoms with Crippen LogP contribution in [0, 0.1) is 42.7 Å².